The predicted octanol–water partition coefficient (Wildman–Crippen LogP) is 3.66. The molecule has 0 saturated heterocycles. The molecule has 0 fully saturated rings. The van der Waals surface area contributed by atoms with Gasteiger partial charge in [-0.25, -0.2) is 0 Å². The molecule has 0 aliphatic carbocycles. The molecular formula is C10H21NOPb. The molecule has 0 amide bonds. The van der Waals surface area contributed by atoms with Gasteiger partial charge in [0.1, 0.15) is 0 Å². The zero-order valence-corrected chi connectivity index (χ0v) is 13.0. The summed E-state index contributed by atoms with van der Waals surface area (Å²) in [5.41, 5.74) is 0. The molecule has 0 aromatic heterocycles. The second-order valence-electron chi connectivity index (χ2n) is 3.63. The van der Waals surface area contributed by atoms with Crippen molar-refractivity contribution in [1.29, 1.82) is 5.26 Å². The average molecular weight is 378 g/mol. The third kappa shape index (κ3) is 4.85. The zero-order chi connectivity index (χ0) is 10.2. The summed E-state index contributed by atoms with van der Waals surface area (Å²) in [6.45, 7) is 6.59. The van der Waals surface area contributed by atoms with E-state index in [0.717, 1.165) is 0 Å². The van der Waals surface area contributed by atoms with Crippen molar-refractivity contribution in [3.8, 4) is 6.26 Å². The molecule has 76 valence electrons. The molecule has 3 heteroatoms. The summed E-state index contributed by atoms with van der Waals surface area (Å²) in [5, 5.41) is 8.67. The van der Waals surface area contributed by atoms with Crippen LogP contribution in [0.3, 0.4) is 0 Å². The van der Waals surface area contributed by atoms with Crippen molar-refractivity contribution in [2.24, 2.45) is 0 Å². The summed E-state index contributed by atoms with van der Waals surface area (Å²) in [6.07, 6.45) is 5.51. The summed E-state index contributed by atoms with van der Waals surface area (Å²) in [6, 6.07) is 0. The molecule has 0 aliphatic rings. The van der Waals surface area contributed by atoms with Crippen LogP contribution in [-0.2, 0) is 2.69 Å². The van der Waals surface area contributed by atoms with E-state index in [4.69, 9.17) is 7.95 Å². The maximum absolute atomic E-state index is 8.67. The molecule has 0 rings (SSSR count). The first-order valence-electron chi connectivity index (χ1n) is 5.31. The SMILES string of the molecule is CC[CH2][Pb]([CH2]CC)([CH2]CC)[O]C#N. The van der Waals surface area contributed by atoms with Crippen LogP contribution in [0.5, 0.6) is 0 Å². The molecule has 0 spiro atoms. The fourth-order valence-electron chi connectivity index (χ4n) is 1.99. The van der Waals surface area contributed by atoms with E-state index in [9.17, 15) is 0 Å². The Labute approximate surface area is 87.6 Å². The van der Waals surface area contributed by atoms with E-state index in [1.807, 2.05) is 6.26 Å². The molecule has 0 atom stereocenters. The second kappa shape index (κ2) is 7.60. The van der Waals surface area contributed by atoms with Crippen molar-refractivity contribution in [3.63, 3.8) is 0 Å². The van der Waals surface area contributed by atoms with E-state index in [-0.39, 0.29) is 0 Å². The van der Waals surface area contributed by atoms with Gasteiger partial charge in [0.15, 0.2) is 0 Å². The first-order valence-corrected chi connectivity index (χ1v) is 15.1. The number of rotatable bonds is 7. The third-order valence-electron chi connectivity index (χ3n) is 2.38. The van der Waals surface area contributed by atoms with Gasteiger partial charge in [0.05, 0.1) is 0 Å². The molecule has 0 radical (unpaired) electrons. The molecule has 0 unspecified atom stereocenters. The molecule has 0 aliphatic heterocycles. The summed E-state index contributed by atoms with van der Waals surface area (Å²) in [7, 11) is 0. The third-order valence-corrected chi connectivity index (χ3v) is 20.9. The predicted molar refractivity (Wildman–Crippen MR) is 57.7 cm³/mol. The molecule has 0 heterocycles. The molecule has 0 saturated carbocycles. The Balaban J connectivity index is 4.29. The van der Waals surface area contributed by atoms with E-state index in [1.165, 1.54) is 31.2 Å². The molecule has 2 nitrogen and oxygen atoms in total. The summed E-state index contributed by atoms with van der Waals surface area (Å²) in [4.78, 5) is 0. The van der Waals surface area contributed by atoms with Crippen LogP contribution in [0.2, 0.25) is 11.9 Å². The normalized spacial score (nSPS) is 10.9. The Bertz CT molecular complexity index is 148. The van der Waals surface area contributed by atoms with E-state index in [1.54, 1.807) is 0 Å². The van der Waals surface area contributed by atoms with Gasteiger partial charge in [-0.2, -0.15) is 0 Å². The number of hydrogen-bond donors (Lipinski definition) is 0. The number of hydrogen-bond acceptors (Lipinski definition) is 2. The van der Waals surface area contributed by atoms with Crippen LogP contribution in [0.25, 0.3) is 0 Å². The quantitative estimate of drug-likeness (QED) is 0.500. The maximum atomic E-state index is 8.67. The van der Waals surface area contributed by atoms with Crippen molar-refractivity contribution in [1.82, 2.24) is 0 Å². The molecule has 0 aromatic rings. The van der Waals surface area contributed by atoms with Gasteiger partial charge in [0.25, 0.3) is 0 Å². The van der Waals surface area contributed by atoms with Crippen molar-refractivity contribution in [2.75, 3.05) is 0 Å². The zero-order valence-electron chi connectivity index (χ0n) is 9.10. The monoisotopic (exact) mass is 379 g/mol. The van der Waals surface area contributed by atoms with E-state index < -0.39 is 21.6 Å². The Hall–Kier alpha value is 0.212. The fourth-order valence-corrected chi connectivity index (χ4v) is 17.5. The standard InChI is InChI=1S/3C3H7.CHNO.Pb/c3*1-3-2;2-1-3;/h3*1,3H2,2H3;3H;/q;;;;+1/p-1. The molecule has 0 N–H and O–H groups in total. The van der Waals surface area contributed by atoms with Gasteiger partial charge in [-0.3, -0.25) is 0 Å². The average Bonchev–Trinajstić information content (AvgIpc) is 2.06. The second-order valence-corrected chi connectivity index (χ2v) is 19.4. The number of nitrogens with zero attached hydrogens (tertiary/aromatic N) is 1. The first kappa shape index (κ1) is 13.2. The minimum atomic E-state index is -2.55. The summed E-state index contributed by atoms with van der Waals surface area (Å²) in [5.74, 6) is 0. The van der Waals surface area contributed by atoms with Crippen LogP contribution in [0.1, 0.15) is 40.0 Å². The van der Waals surface area contributed by atoms with Crippen LogP contribution < -0.4 is 0 Å². The first-order chi connectivity index (χ1) is 6.24. The Kier molecular flexibility index (Phi) is 7.72. The van der Waals surface area contributed by atoms with Crippen LogP contribution >= 0.6 is 0 Å². The van der Waals surface area contributed by atoms with E-state index >= 15 is 0 Å². The summed E-state index contributed by atoms with van der Waals surface area (Å²) < 4.78 is 9.15. The van der Waals surface area contributed by atoms with E-state index in [0.29, 0.717) is 0 Å². The number of nitriles is 1. The summed E-state index contributed by atoms with van der Waals surface area (Å²) >= 11 is -2.55. The van der Waals surface area contributed by atoms with E-state index in [2.05, 4.69) is 20.8 Å². The van der Waals surface area contributed by atoms with Crippen LogP contribution in [0.15, 0.2) is 0 Å². The van der Waals surface area contributed by atoms with Crippen LogP contribution in [0.4, 0.5) is 0 Å². The Morgan fingerprint density at radius 3 is 1.62 bits per heavy atom. The molecular weight excluding hydrogens is 357 g/mol. The van der Waals surface area contributed by atoms with Gasteiger partial charge in [0.2, 0.25) is 0 Å². The van der Waals surface area contributed by atoms with Gasteiger partial charge >= 0.3 is 87.8 Å². The van der Waals surface area contributed by atoms with Crippen LogP contribution in [-0.4, -0.2) is 21.6 Å². The van der Waals surface area contributed by atoms with Gasteiger partial charge in [-0.15, -0.1) is 0 Å². The Morgan fingerprint density at radius 2 is 1.38 bits per heavy atom. The van der Waals surface area contributed by atoms with Gasteiger partial charge in [-0.1, -0.05) is 0 Å². The molecule has 13 heavy (non-hydrogen) atoms. The minimum absolute atomic E-state index is 1.18. The van der Waals surface area contributed by atoms with Crippen LogP contribution in [0, 0.1) is 11.5 Å². The molecule has 0 bridgehead atoms. The van der Waals surface area contributed by atoms with Crippen molar-refractivity contribution in [2.45, 2.75) is 52.0 Å². The Morgan fingerprint density at radius 1 is 1.00 bits per heavy atom. The topological polar surface area (TPSA) is 33.0 Å². The van der Waals surface area contributed by atoms with Gasteiger partial charge in [0, 0.05) is 0 Å². The van der Waals surface area contributed by atoms with Crippen molar-refractivity contribution in [3.05, 3.63) is 0 Å². The van der Waals surface area contributed by atoms with Crippen molar-refractivity contribution < 1.29 is 2.69 Å². The van der Waals surface area contributed by atoms with Gasteiger partial charge in [-0.05, 0) is 0 Å². The fraction of sp³-hybridized carbons (Fsp3) is 0.900. The van der Waals surface area contributed by atoms with Gasteiger partial charge < -0.3 is 0 Å². The molecule has 0 aromatic carbocycles. The van der Waals surface area contributed by atoms with Crippen molar-refractivity contribution >= 4 is 21.6 Å².